The molecule has 6 nitrogen and oxygen atoms in total. The molecule has 0 bridgehead atoms. The van der Waals surface area contributed by atoms with E-state index in [2.05, 4.69) is 21.2 Å². The number of carbonyl (C=O) groups is 1. The van der Waals surface area contributed by atoms with E-state index in [9.17, 15) is 4.79 Å². The number of nitrogens with zero attached hydrogens (tertiary/aromatic N) is 2. The van der Waals surface area contributed by atoms with E-state index in [-0.39, 0.29) is 11.9 Å². The van der Waals surface area contributed by atoms with Crippen LogP contribution in [-0.2, 0) is 10.5 Å². The molecule has 0 saturated heterocycles. The number of benzene rings is 3. The van der Waals surface area contributed by atoms with Crippen LogP contribution in [-0.4, -0.2) is 23.7 Å². The number of halogens is 2. The van der Waals surface area contributed by atoms with Gasteiger partial charge in [0.05, 0.1) is 30.1 Å². The Morgan fingerprint density at radius 1 is 1.22 bits per heavy atom. The molecule has 6 rings (SSSR count). The standard InChI is InChI=1S/C24H17BrClN3O3/c1-31-16-4-2-3-13(9-16)20-12-21-17-10-14(25)5-8-22(17)32-24(29(21)28-20)18-11-15(26)6-7-19(18)27-23(24)30/h2-11,21H,12H2,1H3,(H,27,30)/t21-,24+/m0/s1. The number of nitrogens with one attached hydrogen (secondary N) is 1. The number of rotatable bonds is 2. The third-order valence-corrected chi connectivity index (χ3v) is 6.86. The van der Waals surface area contributed by atoms with E-state index in [4.69, 9.17) is 26.2 Å². The number of fused-ring (bicyclic) bond motifs is 6. The van der Waals surface area contributed by atoms with Gasteiger partial charge in [-0.1, -0.05) is 39.7 Å². The summed E-state index contributed by atoms with van der Waals surface area (Å²) in [6, 6.07) is 18.7. The predicted molar refractivity (Wildman–Crippen MR) is 125 cm³/mol. The van der Waals surface area contributed by atoms with E-state index in [1.807, 2.05) is 42.5 Å². The third-order valence-electron chi connectivity index (χ3n) is 6.13. The molecule has 8 heteroatoms. The smallest absolute Gasteiger partial charge is 0.306 e. The molecule has 0 fully saturated rings. The van der Waals surface area contributed by atoms with E-state index in [0.717, 1.165) is 27.1 Å². The molecule has 0 radical (unpaired) electrons. The highest BCUT2D eigenvalue weighted by Gasteiger charge is 2.61. The summed E-state index contributed by atoms with van der Waals surface area (Å²) in [6.45, 7) is 0. The van der Waals surface area contributed by atoms with Gasteiger partial charge in [-0.2, -0.15) is 5.10 Å². The van der Waals surface area contributed by atoms with Gasteiger partial charge in [-0.25, -0.2) is 5.01 Å². The molecule has 3 aromatic rings. The van der Waals surface area contributed by atoms with Gasteiger partial charge in [-0.3, -0.25) is 4.79 Å². The van der Waals surface area contributed by atoms with E-state index in [0.29, 0.717) is 28.4 Å². The summed E-state index contributed by atoms with van der Waals surface area (Å²) < 4.78 is 12.8. The summed E-state index contributed by atoms with van der Waals surface area (Å²) in [5.41, 5.74) is 2.65. The molecule has 160 valence electrons. The first-order valence-electron chi connectivity index (χ1n) is 10.1. The highest BCUT2D eigenvalue weighted by Crippen LogP contribution is 2.54. The maximum absolute atomic E-state index is 13.5. The Hall–Kier alpha value is -3.03. The molecule has 3 heterocycles. The number of hydrogen-bond acceptors (Lipinski definition) is 5. The van der Waals surface area contributed by atoms with E-state index in [1.165, 1.54) is 0 Å². The number of anilines is 1. The van der Waals surface area contributed by atoms with E-state index in [1.54, 1.807) is 30.3 Å². The van der Waals surface area contributed by atoms with Gasteiger partial charge < -0.3 is 14.8 Å². The van der Waals surface area contributed by atoms with Crippen molar-refractivity contribution in [2.24, 2.45) is 5.10 Å². The summed E-state index contributed by atoms with van der Waals surface area (Å²) in [7, 11) is 1.64. The molecule has 0 aromatic heterocycles. The molecule has 1 amide bonds. The number of ether oxygens (including phenoxy) is 2. The Kier molecular flexibility index (Phi) is 4.29. The largest absolute Gasteiger partial charge is 0.497 e. The maximum atomic E-state index is 13.5. The molecule has 1 N–H and O–H groups in total. The van der Waals surface area contributed by atoms with Gasteiger partial charge in [0.1, 0.15) is 11.5 Å². The molecule has 3 aromatic carbocycles. The lowest BCUT2D eigenvalue weighted by atomic mass is 9.92. The minimum absolute atomic E-state index is 0.187. The van der Waals surface area contributed by atoms with Gasteiger partial charge in [-0.05, 0) is 48.5 Å². The van der Waals surface area contributed by atoms with Crippen LogP contribution in [0.15, 0.2) is 70.2 Å². The van der Waals surface area contributed by atoms with Gasteiger partial charge in [0, 0.05) is 27.0 Å². The van der Waals surface area contributed by atoms with Crippen molar-refractivity contribution in [3.8, 4) is 11.5 Å². The SMILES string of the molecule is COc1cccc(C2=NN3[C@@H](C2)c2cc(Br)ccc2O[C@]32C(=O)Nc3ccc(Cl)cc32)c1. The summed E-state index contributed by atoms with van der Waals surface area (Å²) in [4.78, 5) is 13.5. The average Bonchev–Trinajstić information content (AvgIpc) is 3.36. The van der Waals surface area contributed by atoms with E-state index < -0.39 is 5.72 Å². The van der Waals surface area contributed by atoms with Crippen LogP contribution >= 0.6 is 27.5 Å². The first-order chi connectivity index (χ1) is 15.5. The van der Waals surface area contributed by atoms with E-state index >= 15 is 0 Å². The summed E-state index contributed by atoms with van der Waals surface area (Å²) >= 11 is 9.89. The van der Waals surface area contributed by atoms with Gasteiger partial charge >= 0.3 is 5.72 Å². The van der Waals surface area contributed by atoms with Gasteiger partial charge in [0.2, 0.25) is 0 Å². The highest BCUT2D eigenvalue weighted by molar-refractivity contribution is 9.10. The Balaban J connectivity index is 1.57. The average molecular weight is 511 g/mol. The topological polar surface area (TPSA) is 63.2 Å². The van der Waals surface area contributed by atoms with Crippen molar-refractivity contribution in [1.82, 2.24) is 5.01 Å². The second-order valence-corrected chi connectivity index (χ2v) is 9.27. The minimum Gasteiger partial charge on any atom is -0.497 e. The Bertz CT molecular complexity index is 1330. The second kappa shape index (κ2) is 6.98. The van der Waals surface area contributed by atoms with Crippen LogP contribution in [0.25, 0.3) is 0 Å². The van der Waals surface area contributed by atoms with Crippen LogP contribution in [0.4, 0.5) is 5.69 Å². The Labute approximate surface area is 197 Å². The molecule has 3 aliphatic heterocycles. The Morgan fingerprint density at radius 3 is 2.94 bits per heavy atom. The summed E-state index contributed by atoms with van der Waals surface area (Å²) in [5.74, 6) is 1.11. The first-order valence-corrected chi connectivity index (χ1v) is 11.3. The van der Waals surface area contributed by atoms with Crippen molar-refractivity contribution >= 4 is 44.8 Å². The minimum atomic E-state index is -1.44. The van der Waals surface area contributed by atoms with Crippen molar-refractivity contribution in [1.29, 1.82) is 0 Å². The normalized spacial score (nSPS) is 22.6. The monoisotopic (exact) mass is 509 g/mol. The van der Waals surface area contributed by atoms with Crippen molar-refractivity contribution in [3.05, 3.63) is 86.8 Å². The highest BCUT2D eigenvalue weighted by atomic mass is 79.9. The zero-order chi connectivity index (χ0) is 22.0. The fourth-order valence-corrected chi connectivity index (χ4v) is 5.21. The van der Waals surface area contributed by atoms with Gasteiger partial charge in [-0.15, -0.1) is 0 Å². The number of hydrazone groups is 1. The van der Waals surface area contributed by atoms with Crippen LogP contribution in [0.5, 0.6) is 11.5 Å². The fraction of sp³-hybridized carbons (Fsp3) is 0.167. The molecule has 3 aliphatic rings. The molecule has 2 atom stereocenters. The van der Waals surface area contributed by atoms with Crippen molar-refractivity contribution in [2.45, 2.75) is 18.2 Å². The first kappa shape index (κ1) is 19.6. The van der Waals surface area contributed by atoms with Crippen LogP contribution < -0.4 is 14.8 Å². The maximum Gasteiger partial charge on any atom is 0.306 e. The lowest BCUT2D eigenvalue weighted by Crippen LogP contribution is -2.55. The van der Waals surface area contributed by atoms with Crippen molar-refractivity contribution in [3.63, 3.8) is 0 Å². The summed E-state index contributed by atoms with van der Waals surface area (Å²) in [5, 5.41) is 10.2. The third kappa shape index (κ3) is 2.71. The molecule has 32 heavy (non-hydrogen) atoms. The lowest BCUT2D eigenvalue weighted by molar-refractivity contribution is -0.161. The zero-order valence-corrected chi connectivity index (χ0v) is 19.3. The van der Waals surface area contributed by atoms with Crippen LogP contribution in [0.2, 0.25) is 5.02 Å². The molecular weight excluding hydrogens is 494 g/mol. The van der Waals surface area contributed by atoms with Crippen molar-refractivity contribution < 1.29 is 14.3 Å². The number of carbonyl (C=O) groups excluding carboxylic acids is 1. The zero-order valence-electron chi connectivity index (χ0n) is 16.9. The second-order valence-electron chi connectivity index (χ2n) is 7.92. The summed E-state index contributed by atoms with van der Waals surface area (Å²) in [6.07, 6.45) is 0.616. The molecule has 0 unspecified atom stereocenters. The van der Waals surface area contributed by atoms with Gasteiger partial charge in [0.25, 0.3) is 5.91 Å². The molecule has 1 spiro atoms. The molecule has 0 aliphatic carbocycles. The predicted octanol–water partition coefficient (Wildman–Crippen LogP) is 5.46. The Morgan fingerprint density at radius 2 is 2.09 bits per heavy atom. The van der Waals surface area contributed by atoms with Gasteiger partial charge in [0.15, 0.2) is 0 Å². The van der Waals surface area contributed by atoms with Crippen LogP contribution in [0.3, 0.4) is 0 Å². The van der Waals surface area contributed by atoms with Crippen LogP contribution in [0.1, 0.15) is 29.2 Å². The quantitative estimate of drug-likeness (QED) is 0.497. The van der Waals surface area contributed by atoms with Crippen molar-refractivity contribution in [2.75, 3.05) is 12.4 Å². The molecule has 0 saturated carbocycles. The lowest BCUT2D eigenvalue weighted by Gasteiger charge is -2.44. The van der Waals surface area contributed by atoms with Crippen LogP contribution in [0, 0.1) is 0 Å². The fourth-order valence-electron chi connectivity index (χ4n) is 4.66. The molecular formula is C24H17BrClN3O3. The number of amides is 1. The number of methoxy groups -OCH3 is 1. The number of hydrogen-bond donors (Lipinski definition) is 1.